The van der Waals surface area contributed by atoms with Crippen LogP contribution in [0.5, 0.6) is 0 Å². The first-order chi connectivity index (χ1) is 18.1. The van der Waals surface area contributed by atoms with Crippen LogP contribution in [0.3, 0.4) is 0 Å². The number of aryl methyl sites for hydroxylation is 1. The highest BCUT2D eigenvalue weighted by molar-refractivity contribution is 6.22. The Morgan fingerprint density at radius 1 is 1.03 bits per heavy atom. The van der Waals surface area contributed by atoms with Gasteiger partial charge in [0.15, 0.2) is 17.3 Å². The number of alkyl halides is 1. The number of halogens is 1. The first kappa shape index (κ1) is 26.4. The van der Waals surface area contributed by atoms with Crippen LogP contribution >= 0.6 is 0 Å². The third kappa shape index (κ3) is 4.41. The van der Waals surface area contributed by atoms with Crippen molar-refractivity contribution >= 4 is 17.3 Å². The predicted octanol–water partition coefficient (Wildman–Crippen LogP) is 6.25. The van der Waals surface area contributed by atoms with Crippen molar-refractivity contribution in [2.75, 3.05) is 20.3 Å². The first-order valence-corrected chi connectivity index (χ1v) is 13.6. The summed E-state index contributed by atoms with van der Waals surface area (Å²) >= 11 is 0. The quantitative estimate of drug-likeness (QED) is 0.429. The number of benzene rings is 2. The average Bonchev–Trinajstić information content (AvgIpc) is 2.84. The van der Waals surface area contributed by atoms with Crippen molar-refractivity contribution in [3.05, 3.63) is 80.9 Å². The molecule has 0 heterocycles. The molecule has 38 heavy (non-hydrogen) atoms. The number of carbonyl (C=O) groups excluding carboxylic acids is 3. The summed E-state index contributed by atoms with van der Waals surface area (Å²) in [5, 5.41) is 0. The zero-order valence-electron chi connectivity index (χ0n) is 23.0. The summed E-state index contributed by atoms with van der Waals surface area (Å²) in [6, 6.07) is 12.5. The smallest absolute Gasteiger partial charge is 0.189 e. The molecule has 5 rings (SSSR count). The highest BCUT2D eigenvalue weighted by Crippen LogP contribution is 2.50. The van der Waals surface area contributed by atoms with Crippen LogP contribution in [0.2, 0.25) is 0 Å². The second-order valence-corrected chi connectivity index (χ2v) is 11.5. The summed E-state index contributed by atoms with van der Waals surface area (Å²) in [5.74, 6) is -0.407. The second kappa shape index (κ2) is 10.2. The molecule has 0 N–H and O–H groups in total. The molecule has 0 radical (unpaired) electrons. The molecule has 0 amide bonds. The Bertz CT molecular complexity index is 1400. The van der Waals surface area contributed by atoms with E-state index in [0.29, 0.717) is 18.7 Å². The van der Waals surface area contributed by atoms with Gasteiger partial charge < -0.3 is 0 Å². The standard InChI is InChI=1S/C33H36FNO3/c1-18-6-11-26(23-9-7-22(8-10-23)17-35(5)13-12-34)27-16-25-15-24-14-19(2)28(21(4)36)32(37)30(24)20(3)31(25)33(38)29(18)27/h6-11,24-25,30H,12-17H2,1-5H3. The lowest BCUT2D eigenvalue weighted by Gasteiger charge is -2.43. The SMILES string of the molecule is CC(=O)C1=C(C)CC2CC3Cc4c(-c5ccc(CN(C)CCF)cc5)ccc(C)c4C(=O)C3=C(C)C2C1=O. The molecule has 3 aliphatic carbocycles. The number of ketones is 3. The number of hydrogen-bond acceptors (Lipinski definition) is 4. The molecule has 4 nitrogen and oxygen atoms in total. The van der Waals surface area contributed by atoms with Crippen LogP contribution in [0.15, 0.2) is 58.7 Å². The lowest BCUT2D eigenvalue weighted by molar-refractivity contribution is -0.124. The summed E-state index contributed by atoms with van der Waals surface area (Å²) in [6.07, 6.45) is 2.28. The van der Waals surface area contributed by atoms with Gasteiger partial charge >= 0.3 is 0 Å². The summed E-state index contributed by atoms with van der Waals surface area (Å²) < 4.78 is 12.7. The predicted molar refractivity (Wildman–Crippen MR) is 148 cm³/mol. The molecule has 3 unspecified atom stereocenters. The molecule has 0 saturated heterocycles. The fourth-order valence-electron chi connectivity index (χ4n) is 7.23. The Kier molecular flexibility index (Phi) is 7.08. The first-order valence-electron chi connectivity index (χ1n) is 13.6. The summed E-state index contributed by atoms with van der Waals surface area (Å²) in [6.45, 7) is 8.02. The maximum atomic E-state index is 14.1. The minimum Gasteiger partial charge on any atom is -0.300 e. The largest absolute Gasteiger partial charge is 0.300 e. The van der Waals surface area contributed by atoms with Gasteiger partial charge in [0, 0.05) is 30.1 Å². The van der Waals surface area contributed by atoms with Crippen LogP contribution in [-0.2, 0) is 22.6 Å². The number of carbonyl (C=O) groups is 3. The molecule has 0 spiro atoms. The van der Waals surface area contributed by atoms with Crippen LogP contribution in [0.25, 0.3) is 11.1 Å². The van der Waals surface area contributed by atoms with Crippen molar-refractivity contribution in [2.24, 2.45) is 17.8 Å². The zero-order valence-corrected chi connectivity index (χ0v) is 23.0. The van der Waals surface area contributed by atoms with Gasteiger partial charge in [-0.2, -0.15) is 0 Å². The van der Waals surface area contributed by atoms with Gasteiger partial charge in [-0.15, -0.1) is 0 Å². The van der Waals surface area contributed by atoms with E-state index < -0.39 is 0 Å². The molecular weight excluding hydrogens is 477 g/mol. The van der Waals surface area contributed by atoms with Gasteiger partial charge in [0.2, 0.25) is 0 Å². The fourth-order valence-corrected chi connectivity index (χ4v) is 7.23. The number of allylic oxidation sites excluding steroid dienone is 4. The maximum absolute atomic E-state index is 14.1. The van der Waals surface area contributed by atoms with E-state index in [9.17, 15) is 18.8 Å². The van der Waals surface area contributed by atoms with Crippen LogP contribution in [0, 0.1) is 24.7 Å². The van der Waals surface area contributed by atoms with Crippen molar-refractivity contribution in [2.45, 2.75) is 53.5 Å². The fraction of sp³-hybridized carbons (Fsp3) is 0.424. The number of Topliss-reactive ketones (excluding diaryl/α,β-unsaturated/α-hetero) is 3. The van der Waals surface area contributed by atoms with Crippen molar-refractivity contribution in [3.8, 4) is 11.1 Å². The summed E-state index contributed by atoms with van der Waals surface area (Å²) in [5.41, 5.74) is 8.97. The third-order valence-corrected chi connectivity index (χ3v) is 8.86. The molecular formula is C33H36FNO3. The summed E-state index contributed by atoms with van der Waals surface area (Å²) in [7, 11) is 1.91. The Morgan fingerprint density at radius 3 is 2.39 bits per heavy atom. The van der Waals surface area contributed by atoms with Crippen LogP contribution in [-0.4, -0.2) is 42.5 Å². The van der Waals surface area contributed by atoms with Gasteiger partial charge in [-0.1, -0.05) is 47.5 Å². The van der Waals surface area contributed by atoms with Gasteiger partial charge in [-0.3, -0.25) is 19.3 Å². The van der Waals surface area contributed by atoms with Crippen LogP contribution < -0.4 is 0 Å². The topological polar surface area (TPSA) is 54.5 Å². The van der Waals surface area contributed by atoms with Gasteiger partial charge in [-0.25, -0.2) is 4.39 Å². The molecule has 198 valence electrons. The van der Waals surface area contributed by atoms with Crippen molar-refractivity contribution in [1.82, 2.24) is 4.90 Å². The zero-order chi connectivity index (χ0) is 27.3. The number of nitrogens with zero attached hydrogens (tertiary/aromatic N) is 1. The van der Waals surface area contributed by atoms with E-state index >= 15 is 0 Å². The molecule has 0 bridgehead atoms. The Hall–Kier alpha value is -3.18. The second-order valence-electron chi connectivity index (χ2n) is 11.5. The van der Waals surface area contributed by atoms with E-state index in [-0.39, 0.29) is 41.8 Å². The van der Waals surface area contributed by atoms with Crippen LogP contribution in [0.1, 0.15) is 60.7 Å². The molecule has 0 saturated carbocycles. The molecule has 0 aromatic heterocycles. The normalized spacial score (nSPS) is 23.0. The van der Waals surface area contributed by atoms with E-state index in [2.05, 4.69) is 30.3 Å². The molecule has 2 aromatic rings. The summed E-state index contributed by atoms with van der Waals surface area (Å²) in [4.78, 5) is 41.7. The van der Waals surface area contributed by atoms with Gasteiger partial charge in [0.05, 0.1) is 5.57 Å². The lowest BCUT2D eigenvalue weighted by Crippen LogP contribution is -2.41. The van der Waals surface area contributed by atoms with Crippen molar-refractivity contribution in [3.63, 3.8) is 0 Å². The number of rotatable bonds is 6. The van der Waals surface area contributed by atoms with E-state index in [1.807, 2.05) is 38.8 Å². The Balaban J connectivity index is 1.53. The van der Waals surface area contributed by atoms with Gasteiger partial charge in [-0.05, 0) is 93.7 Å². The Morgan fingerprint density at radius 2 is 1.74 bits per heavy atom. The molecule has 3 atom stereocenters. The van der Waals surface area contributed by atoms with Gasteiger partial charge in [0.25, 0.3) is 0 Å². The van der Waals surface area contributed by atoms with E-state index in [4.69, 9.17) is 0 Å². The highest BCUT2D eigenvalue weighted by Gasteiger charge is 2.47. The molecule has 0 fully saturated rings. The third-order valence-electron chi connectivity index (χ3n) is 8.86. The maximum Gasteiger partial charge on any atom is 0.189 e. The van der Waals surface area contributed by atoms with E-state index in [1.165, 1.54) is 6.92 Å². The monoisotopic (exact) mass is 513 g/mol. The average molecular weight is 514 g/mol. The molecule has 2 aromatic carbocycles. The van der Waals surface area contributed by atoms with Crippen LogP contribution in [0.4, 0.5) is 4.39 Å². The van der Waals surface area contributed by atoms with Crippen molar-refractivity contribution in [1.29, 1.82) is 0 Å². The van der Waals surface area contributed by atoms with Gasteiger partial charge in [0.1, 0.15) is 6.67 Å². The molecule has 3 aliphatic rings. The van der Waals surface area contributed by atoms with E-state index in [1.54, 1.807) is 0 Å². The minimum absolute atomic E-state index is 0.0412. The number of fused-ring (bicyclic) bond motifs is 3. The highest BCUT2D eigenvalue weighted by atomic mass is 19.1. The van der Waals surface area contributed by atoms with E-state index in [0.717, 1.165) is 69.4 Å². The number of hydrogen-bond donors (Lipinski definition) is 0. The minimum atomic E-state index is -0.374. The molecule has 0 aliphatic heterocycles. The molecule has 5 heteroatoms. The van der Waals surface area contributed by atoms with Crippen molar-refractivity contribution < 1.29 is 18.8 Å². The lowest BCUT2D eigenvalue weighted by atomic mass is 9.59. The Labute approximate surface area is 224 Å².